The minimum Gasteiger partial charge on any atom is -0.462 e. The summed E-state index contributed by atoms with van der Waals surface area (Å²) in [7, 11) is 0. The van der Waals surface area contributed by atoms with Gasteiger partial charge in [-0.25, -0.2) is 4.79 Å². The number of nitrogens with two attached hydrogens (primary N) is 1. The summed E-state index contributed by atoms with van der Waals surface area (Å²) in [5.74, 6) is -0.356. The van der Waals surface area contributed by atoms with Crippen LogP contribution in [0.25, 0.3) is 0 Å². The number of hydrogen-bond donors (Lipinski definition) is 1. The summed E-state index contributed by atoms with van der Waals surface area (Å²) < 4.78 is 5.06. The first-order valence-corrected chi connectivity index (χ1v) is 7.94. The quantitative estimate of drug-likeness (QED) is 0.699. The lowest BCUT2D eigenvalue weighted by atomic mass is 10.1. The highest BCUT2D eigenvalue weighted by atomic mass is 32.1. The molecule has 0 bridgehead atoms. The van der Waals surface area contributed by atoms with Crippen molar-refractivity contribution >= 4 is 28.7 Å². The Bertz CT molecular complexity index is 666. The summed E-state index contributed by atoms with van der Waals surface area (Å²) in [6.45, 7) is 3.91. The second-order valence-corrected chi connectivity index (χ2v) is 6.00. The van der Waals surface area contributed by atoms with Crippen LogP contribution >= 0.6 is 11.3 Å². The van der Waals surface area contributed by atoms with E-state index in [1.807, 2.05) is 23.5 Å². The van der Waals surface area contributed by atoms with Crippen molar-refractivity contribution in [2.24, 2.45) is 0 Å². The van der Waals surface area contributed by atoms with Crippen molar-refractivity contribution < 1.29 is 9.53 Å². The molecule has 110 valence electrons. The summed E-state index contributed by atoms with van der Waals surface area (Å²) in [6.07, 6.45) is 1.02. The number of hydrogen-bond acceptors (Lipinski definition) is 5. The van der Waals surface area contributed by atoms with Crippen molar-refractivity contribution in [1.29, 1.82) is 0 Å². The van der Waals surface area contributed by atoms with E-state index < -0.39 is 0 Å². The van der Waals surface area contributed by atoms with Gasteiger partial charge in [-0.05, 0) is 42.5 Å². The van der Waals surface area contributed by atoms with Gasteiger partial charge in [-0.1, -0.05) is 6.07 Å². The Hall–Kier alpha value is -2.01. The molecule has 4 nitrogen and oxygen atoms in total. The molecule has 5 heteroatoms. The molecule has 0 spiro atoms. The van der Waals surface area contributed by atoms with Crippen LogP contribution in [-0.2, 0) is 17.7 Å². The number of benzene rings is 1. The first kappa shape index (κ1) is 13.9. The summed E-state index contributed by atoms with van der Waals surface area (Å²) in [6, 6.07) is 7.71. The van der Waals surface area contributed by atoms with Gasteiger partial charge in [0.05, 0.1) is 23.5 Å². The van der Waals surface area contributed by atoms with E-state index in [4.69, 9.17) is 10.5 Å². The minimum atomic E-state index is -0.356. The molecule has 2 N–H and O–H groups in total. The third-order valence-electron chi connectivity index (χ3n) is 3.73. The molecular formula is C16H18N2O2S. The summed E-state index contributed by atoms with van der Waals surface area (Å²) >= 11 is 1.81. The molecule has 0 unspecified atom stereocenters. The average Bonchev–Trinajstić information content (AvgIpc) is 2.95. The number of rotatable bonds is 3. The SMILES string of the molecule is CCOC(=O)c1cccc(N2CCc3sccc3C2)c1N. The van der Waals surface area contributed by atoms with Gasteiger partial charge in [0.25, 0.3) is 0 Å². The lowest BCUT2D eigenvalue weighted by Crippen LogP contribution is -2.30. The number of thiophene rings is 1. The number of anilines is 2. The lowest BCUT2D eigenvalue weighted by Gasteiger charge is -2.30. The van der Waals surface area contributed by atoms with E-state index in [2.05, 4.69) is 16.3 Å². The molecule has 0 amide bonds. The second kappa shape index (κ2) is 5.77. The predicted molar refractivity (Wildman–Crippen MR) is 85.9 cm³/mol. The van der Waals surface area contributed by atoms with Gasteiger partial charge < -0.3 is 15.4 Å². The number of ether oxygens (including phenoxy) is 1. The Labute approximate surface area is 128 Å². The van der Waals surface area contributed by atoms with Gasteiger partial charge in [0, 0.05) is 18.0 Å². The summed E-state index contributed by atoms with van der Waals surface area (Å²) in [4.78, 5) is 15.6. The van der Waals surface area contributed by atoms with Crippen LogP contribution in [0.3, 0.4) is 0 Å². The average molecular weight is 302 g/mol. The van der Waals surface area contributed by atoms with Gasteiger partial charge in [0.15, 0.2) is 0 Å². The molecule has 0 saturated carbocycles. The fraction of sp³-hybridized carbons (Fsp3) is 0.312. The first-order chi connectivity index (χ1) is 10.2. The highest BCUT2D eigenvalue weighted by Crippen LogP contribution is 2.32. The Kier molecular flexibility index (Phi) is 3.84. The van der Waals surface area contributed by atoms with Gasteiger partial charge in [-0.15, -0.1) is 11.3 Å². The van der Waals surface area contributed by atoms with Crippen LogP contribution in [0, 0.1) is 0 Å². The topological polar surface area (TPSA) is 55.6 Å². The zero-order valence-corrected chi connectivity index (χ0v) is 12.8. The third-order valence-corrected chi connectivity index (χ3v) is 4.75. The third kappa shape index (κ3) is 2.61. The van der Waals surface area contributed by atoms with E-state index >= 15 is 0 Å². The molecule has 2 aromatic rings. The number of para-hydroxylation sites is 1. The van der Waals surface area contributed by atoms with E-state index in [0.717, 1.165) is 25.2 Å². The number of carbonyl (C=O) groups is 1. The Morgan fingerprint density at radius 2 is 2.29 bits per heavy atom. The van der Waals surface area contributed by atoms with Crippen LogP contribution in [0.1, 0.15) is 27.7 Å². The fourth-order valence-corrected chi connectivity index (χ4v) is 3.56. The van der Waals surface area contributed by atoms with E-state index in [-0.39, 0.29) is 5.97 Å². The molecular weight excluding hydrogens is 284 g/mol. The number of fused-ring (bicyclic) bond motifs is 1. The van der Waals surface area contributed by atoms with Gasteiger partial charge >= 0.3 is 5.97 Å². The molecule has 1 aromatic heterocycles. The second-order valence-electron chi connectivity index (χ2n) is 5.00. The molecule has 1 aliphatic heterocycles. The normalized spacial score (nSPS) is 13.9. The molecule has 0 atom stereocenters. The van der Waals surface area contributed by atoms with Gasteiger partial charge in [0.1, 0.15) is 0 Å². The van der Waals surface area contributed by atoms with Gasteiger partial charge in [-0.3, -0.25) is 0 Å². The highest BCUT2D eigenvalue weighted by Gasteiger charge is 2.21. The van der Waals surface area contributed by atoms with E-state index in [9.17, 15) is 4.79 Å². The maximum absolute atomic E-state index is 11.9. The molecule has 3 rings (SSSR count). The van der Waals surface area contributed by atoms with Crippen molar-refractivity contribution in [1.82, 2.24) is 0 Å². The number of carbonyl (C=O) groups excluding carboxylic acids is 1. The fourth-order valence-electron chi connectivity index (χ4n) is 2.67. The largest absolute Gasteiger partial charge is 0.462 e. The molecule has 0 radical (unpaired) electrons. The zero-order valence-electron chi connectivity index (χ0n) is 12.0. The maximum Gasteiger partial charge on any atom is 0.340 e. The summed E-state index contributed by atoms with van der Waals surface area (Å²) in [5, 5.41) is 2.13. The van der Waals surface area contributed by atoms with Gasteiger partial charge in [-0.2, -0.15) is 0 Å². The van der Waals surface area contributed by atoms with Crippen LogP contribution in [0.15, 0.2) is 29.6 Å². The van der Waals surface area contributed by atoms with Crippen molar-refractivity contribution in [3.8, 4) is 0 Å². The number of esters is 1. The molecule has 1 aromatic carbocycles. The molecule has 0 saturated heterocycles. The Balaban J connectivity index is 1.90. The smallest absolute Gasteiger partial charge is 0.340 e. The highest BCUT2D eigenvalue weighted by molar-refractivity contribution is 7.10. The van der Waals surface area contributed by atoms with Crippen molar-refractivity contribution in [2.45, 2.75) is 19.9 Å². The number of nitrogen functional groups attached to an aromatic ring is 1. The van der Waals surface area contributed by atoms with Crippen LogP contribution in [0.2, 0.25) is 0 Å². The monoisotopic (exact) mass is 302 g/mol. The number of nitrogens with zero attached hydrogens (tertiary/aromatic N) is 1. The van der Waals surface area contributed by atoms with E-state index in [1.165, 1.54) is 10.4 Å². The summed E-state index contributed by atoms with van der Waals surface area (Å²) in [5.41, 5.74) is 9.43. The molecule has 21 heavy (non-hydrogen) atoms. The van der Waals surface area contributed by atoms with Crippen molar-refractivity contribution in [3.05, 3.63) is 45.6 Å². The van der Waals surface area contributed by atoms with E-state index in [0.29, 0.717) is 17.9 Å². The van der Waals surface area contributed by atoms with Crippen LogP contribution in [-0.4, -0.2) is 19.1 Å². The molecule has 0 fully saturated rings. The van der Waals surface area contributed by atoms with Gasteiger partial charge in [0.2, 0.25) is 0 Å². The lowest BCUT2D eigenvalue weighted by molar-refractivity contribution is 0.0527. The predicted octanol–water partition coefficient (Wildman–Crippen LogP) is 3.07. The maximum atomic E-state index is 11.9. The van der Waals surface area contributed by atoms with Crippen molar-refractivity contribution in [3.63, 3.8) is 0 Å². The van der Waals surface area contributed by atoms with Crippen LogP contribution < -0.4 is 10.6 Å². The molecule has 1 aliphatic rings. The zero-order chi connectivity index (χ0) is 14.8. The molecule has 2 heterocycles. The Morgan fingerprint density at radius 3 is 3.10 bits per heavy atom. The van der Waals surface area contributed by atoms with Crippen LogP contribution in [0.4, 0.5) is 11.4 Å². The first-order valence-electron chi connectivity index (χ1n) is 7.06. The van der Waals surface area contributed by atoms with Crippen LogP contribution in [0.5, 0.6) is 0 Å². The minimum absolute atomic E-state index is 0.352. The molecule has 0 aliphatic carbocycles. The standard InChI is InChI=1S/C16H18N2O2S/c1-2-20-16(19)12-4-3-5-13(15(12)17)18-8-6-14-11(10-18)7-9-21-14/h3-5,7,9H,2,6,8,10,17H2,1H3. The Morgan fingerprint density at radius 1 is 1.43 bits per heavy atom. The van der Waals surface area contributed by atoms with Crippen molar-refractivity contribution in [2.75, 3.05) is 23.8 Å². The van der Waals surface area contributed by atoms with E-state index in [1.54, 1.807) is 13.0 Å².